The third kappa shape index (κ3) is 4.32. The molecule has 0 bridgehead atoms. The maximum atomic E-state index is 5.08. The van der Waals surface area contributed by atoms with E-state index < -0.39 is 0 Å². The van der Waals surface area contributed by atoms with Gasteiger partial charge in [-0.15, -0.1) is 0 Å². The molecule has 14 rings (SSSR count). The molecule has 2 aromatic carbocycles. The first-order valence-corrected chi connectivity index (χ1v) is 23.1. The average molecular weight is 758 g/mol. The lowest BCUT2D eigenvalue weighted by Crippen LogP contribution is -2.75. The molecule has 0 spiro atoms. The molecule has 3 N–H and O–H groups in total. The number of nitrogens with one attached hydrogen (secondary N) is 3. The molecule has 9 aliphatic heterocycles. The monoisotopic (exact) mass is 757 g/mol. The predicted octanol–water partition coefficient (Wildman–Crippen LogP) is 6.16. The van der Waals surface area contributed by atoms with Crippen LogP contribution >= 0.6 is 0 Å². The zero-order valence-electron chi connectivity index (χ0n) is 33.0. The Kier molecular flexibility index (Phi) is 7.15. The minimum atomic E-state index is 0.325. The van der Waals surface area contributed by atoms with Crippen molar-refractivity contribution in [3.8, 4) is 0 Å². The lowest BCUT2D eigenvalue weighted by Gasteiger charge is -2.68. The van der Waals surface area contributed by atoms with E-state index >= 15 is 0 Å². The van der Waals surface area contributed by atoms with Crippen LogP contribution in [0.15, 0.2) is 102 Å². The molecular formula is C47H56BN9. The maximum Gasteiger partial charge on any atom is 0.159 e. The van der Waals surface area contributed by atoms with E-state index in [4.69, 9.17) is 9.97 Å². The Morgan fingerprint density at radius 3 is 1.84 bits per heavy atom. The molecule has 2 aliphatic carbocycles. The summed E-state index contributed by atoms with van der Waals surface area (Å²) in [6, 6.07) is 28.5. The van der Waals surface area contributed by atoms with Crippen molar-refractivity contribution in [2.45, 2.75) is 136 Å². The van der Waals surface area contributed by atoms with E-state index in [1.165, 1.54) is 62.7 Å². The summed E-state index contributed by atoms with van der Waals surface area (Å²) in [5.41, 5.74) is 6.29. The van der Waals surface area contributed by atoms with Crippen molar-refractivity contribution in [2.75, 3.05) is 29.4 Å². The summed E-state index contributed by atoms with van der Waals surface area (Å²) in [4.78, 5) is 22.1. The quantitative estimate of drug-likeness (QED) is 0.273. The summed E-state index contributed by atoms with van der Waals surface area (Å²) in [6.45, 7) is 4.15. The molecule has 292 valence electrons. The number of anilines is 2. The van der Waals surface area contributed by atoms with Crippen molar-refractivity contribution in [1.82, 2.24) is 35.7 Å². The molecule has 10 heterocycles. The van der Waals surface area contributed by atoms with E-state index in [-0.39, 0.29) is 0 Å². The number of nitrogens with zero attached hydrogens (tertiary/aromatic N) is 6. The van der Waals surface area contributed by atoms with Crippen LogP contribution < -0.4 is 25.8 Å². The fourth-order valence-electron chi connectivity index (χ4n) is 16.3. The molecule has 14 atom stereocenters. The number of hydrogen-bond acceptors (Lipinski definition) is 9. The second-order valence-electron chi connectivity index (χ2n) is 19.7. The van der Waals surface area contributed by atoms with Crippen molar-refractivity contribution < 1.29 is 0 Å². The van der Waals surface area contributed by atoms with Gasteiger partial charge in [-0.1, -0.05) is 49.2 Å². The van der Waals surface area contributed by atoms with Crippen molar-refractivity contribution in [2.24, 2.45) is 11.8 Å². The summed E-state index contributed by atoms with van der Waals surface area (Å²) < 4.78 is 0. The van der Waals surface area contributed by atoms with Crippen LogP contribution in [0.1, 0.15) is 76.0 Å². The molecule has 3 aromatic rings. The Hall–Kier alpha value is -3.86. The molecule has 10 heteroatoms. The van der Waals surface area contributed by atoms with Crippen LogP contribution in [0.5, 0.6) is 0 Å². The zero-order valence-corrected chi connectivity index (χ0v) is 33.0. The van der Waals surface area contributed by atoms with Crippen LogP contribution in [0.25, 0.3) is 0 Å². The molecule has 14 unspecified atom stereocenters. The highest BCUT2D eigenvalue weighted by atomic mass is 15.5. The minimum absolute atomic E-state index is 0.325. The van der Waals surface area contributed by atoms with E-state index in [9.17, 15) is 0 Å². The van der Waals surface area contributed by atoms with Crippen LogP contribution in [0.2, 0.25) is 17.5 Å². The van der Waals surface area contributed by atoms with Gasteiger partial charge in [-0.2, -0.15) is 0 Å². The van der Waals surface area contributed by atoms with E-state index in [1.54, 1.807) is 22.8 Å². The number of hydrogen-bond donors (Lipinski definition) is 3. The molecule has 11 aliphatic rings. The second kappa shape index (κ2) is 12.3. The molecule has 9 nitrogen and oxygen atoms in total. The van der Waals surface area contributed by atoms with Crippen molar-refractivity contribution in [3.05, 3.63) is 108 Å². The topological polar surface area (TPSA) is 74.8 Å². The molecular weight excluding hydrogens is 701 g/mol. The molecule has 0 amide bonds. The van der Waals surface area contributed by atoms with Crippen molar-refractivity contribution in [1.29, 1.82) is 0 Å². The van der Waals surface area contributed by atoms with Gasteiger partial charge in [0.25, 0.3) is 0 Å². The Labute approximate surface area is 337 Å². The number of para-hydroxylation sites is 2. The largest absolute Gasteiger partial charge is 0.351 e. The van der Waals surface area contributed by atoms with Crippen LogP contribution in [-0.2, 0) is 0 Å². The zero-order chi connectivity index (χ0) is 36.9. The number of aromatic nitrogens is 2. The molecule has 0 radical (unpaired) electrons. The Morgan fingerprint density at radius 1 is 0.561 bits per heavy atom. The van der Waals surface area contributed by atoms with Crippen LogP contribution in [-0.4, -0.2) is 94.6 Å². The number of fused-ring (bicyclic) bond motifs is 12. The summed E-state index contributed by atoms with van der Waals surface area (Å²) in [6.07, 6.45) is 17.1. The molecule has 2 saturated carbocycles. The Bertz CT molecular complexity index is 2000. The highest BCUT2D eigenvalue weighted by Crippen LogP contribution is 2.68. The molecule has 7 fully saturated rings. The molecule has 57 heavy (non-hydrogen) atoms. The highest BCUT2D eigenvalue weighted by Gasteiger charge is 2.72. The first kappa shape index (κ1) is 33.0. The minimum Gasteiger partial charge on any atom is -0.351 e. The lowest BCUT2D eigenvalue weighted by molar-refractivity contribution is 0.0174. The first-order valence-electron chi connectivity index (χ1n) is 23.1. The van der Waals surface area contributed by atoms with Gasteiger partial charge in [0, 0.05) is 71.7 Å². The molecule has 5 saturated heterocycles. The van der Waals surface area contributed by atoms with Gasteiger partial charge < -0.3 is 30.2 Å². The third-order valence-corrected chi connectivity index (χ3v) is 17.7. The van der Waals surface area contributed by atoms with Gasteiger partial charge in [0.1, 0.15) is 17.5 Å². The van der Waals surface area contributed by atoms with Gasteiger partial charge in [0.05, 0.1) is 18.2 Å². The van der Waals surface area contributed by atoms with E-state index in [1.807, 2.05) is 18.5 Å². The predicted molar refractivity (Wildman–Crippen MR) is 225 cm³/mol. The number of rotatable bonds is 3. The van der Waals surface area contributed by atoms with Gasteiger partial charge in [-0.05, 0) is 130 Å². The third-order valence-electron chi connectivity index (χ3n) is 17.7. The van der Waals surface area contributed by atoms with Gasteiger partial charge in [-0.3, -0.25) is 5.32 Å². The maximum absolute atomic E-state index is 5.08. The smallest absolute Gasteiger partial charge is 0.159 e. The summed E-state index contributed by atoms with van der Waals surface area (Å²) in [5, 5.41) is 12.6. The van der Waals surface area contributed by atoms with Gasteiger partial charge in [-0.25, -0.2) is 9.97 Å². The van der Waals surface area contributed by atoms with Gasteiger partial charge >= 0.3 is 0 Å². The summed E-state index contributed by atoms with van der Waals surface area (Å²) >= 11 is 0. The summed E-state index contributed by atoms with van der Waals surface area (Å²) in [7, 11) is 0. The molecule has 1 aromatic heterocycles. The summed E-state index contributed by atoms with van der Waals surface area (Å²) in [5.74, 6) is 7.81. The normalized spacial score (nSPS) is 42.0. The van der Waals surface area contributed by atoms with E-state index in [2.05, 4.69) is 96.2 Å². The van der Waals surface area contributed by atoms with E-state index in [0.29, 0.717) is 83.7 Å². The van der Waals surface area contributed by atoms with Crippen LogP contribution in [0, 0.1) is 11.8 Å². The number of piperidine rings is 3. The Balaban J connectivity index is 0.975. The fourth-order valence-corrected chi connectivity index (χ4v) is 16.3. The van der Waals surface area contributed by atoms with Crippen LogP contribution in [0.3, 0.4) is 0 Å². The van der Waals surface area contributed by atoms with Crippen LogP contribution in [0.4, 0.5) is 11.4 Å². The van der Waals surface area contributed by atoms with Crippen molar-refractivity contribution in [3.63, 3.8) is 0 Å². The SMILES string of the molecule is c1ccc(N2C3=C(C4CCCCC42)C2NCCC4B5C6CCNC7C8=C(N(c9ccccc9)C9NCCCC89)N(C8CC(c9ncccn9)CC(C58)N3C42)C67)cc1. The fraction of sp³-hybridized carbons (Fsp3) is 0.574. The lowest BCUT2D eigenvalue weighted by atomic mass is 9.19. The van der Waals surface area contributed by atoms with Crippen molar-refractivity contribution >= 4 is 18.1 Å². The van der Waals surface area contributed by atoms with Gasteiger partial charge in [0.2, 0.25) is 0 Å². The van der Waals surface area contributed by atoms with E-state index in [0.717, 1.165) is 45.0 Å². The number of benzene rings is 2. The van der Waals surface area contributed by atoms with Gasteiger partial charge in [0.15, 0.2) is 6.71 Å². The Morgan fingerprint density at radius 2 is 1.16 bits per heavy atom. The second-order valence-corrected chi connectivity index (χ2v) is 19.7. The highest BCUT2D eigenvalue weighted by molar-refractivity contribution is 6.65. The standard InChI is InChI=1S/C47H56BN9/c1-3-11-28(12-4-1)54-34-17-8-7-15-30(34)37-40-42-32(18-23-49-40)48-33-19-24-50-41-38-31-16-9-20-53-45(31)55(29-13-5-2-6-14-29)47(38)57(43(33)41)36-26-27(44-51-21-10-22-52-44)25-35(39(36)48)56(42)46(37)54/h1-6,10-14,21-22,27,30-36,39-43,45,49-50,53H,7-9,15-20,23-26H2. The first-order chi connectivity index (χ1) is 28.3. The average Bonchev–Trinajstić information content (AvgIpc) is 4.00.